The van der Waals surface area contributed by atoms with Gasteiger partial charge >= 0.3 is 6.09 Å². The smallest absolute Gasteiger partial charge is 0.420 e. The van der Waals surface area contributed by atoms with Gasteiger partial charge in [-0.25, -0.2) is 14.7 Å². The molecule has 3 heterocycles. The zero-order chi connectivity index (χ0) is 36.5. The van der Waals surface area contributed by atoms with E-state index in [2.05, 4.69) is 5.10 Å². The van der Waals surface area contributed by atoms with Crippen molar-refractivity contribution in [3.05, 3.63) is 75.4 Å². The van der Waals surface area contributed by atoms with Crippen LogP contribution in [0.15, 0.2) is 59.8 Å². The number of fused-ring (bicyclic) bond motifs is 1. The molecule has 12 nitrogen and oxygen atoms in total. The van der Waals surface area contributed by atoms with Crippen LogP contribution in [0.2, 0.25) is 10.0 Å². The van der Waals surface area contributed by atoms with Crippen molar-refractivity contribution in [2.75, 3.05) is 45.5 Å². The summed E-state index contributed by atoms with van der Waals surface area (Å²) < 4.78 is 20.1. The van der Waals surface area contributed by atoms with Gasteiger partial charge in [0, 0.05) is 54.6 Å². The first-order valence-corrected chi connectivity index (χ1v) is 16.6. The normalized spacial score (nSPS) is 11.7. The molecule has 0 aliphatic heterocycles. The predicted octanol–water partition coefficient (Wildman–Crippen LogP) is 7.40. The Morgan fingerprint density at radius 2 is 1.66 bits per heavy atom. The molecule has 0 bridgehead atoms. The molecule has 3 aromatic heterocycles. The van der Waals surface area contributed by atoms with Crippen molar-refractivity contribution in [3.63, 3.8) is 0 Å². The number of benzene rings is 2. The van der Waals surface area contributed by atoms with Gasteiger partial charge in [0.05, 0.1) is 52.9 Å². The molecular weight excluding hydrogens is 681 g/mol. The molecule has 5 rings (SSSR count). The van der Waals surface area contributed by atoms with Crippen LogP contribution in [0.5, 0.6) is 11.5 Å². The van der Waals surface area contributed by atoms with Crippen molar-refractivity contribution in [2.45, 2.75) is 39.3 Å². The number of pyridine rings is 2. The third-order valence-electron chi connectivity index (χ3n) is 7.91. The monoisotopic (exact) mass is 721 g/mol. The minimum absolute atomic E-state index is 0.167. The van der Waals surface area contributed by atoms with Crippen LogP contribution >= 0.6 is 23.2 Å². The summed E-state index contributed by atoms with van der Waals surface area (Å²) in [6.45, 7) is 6.39. The zero-order valence-corrected chi connectivity index (χ0v) is 30.9. The van der Waals surface area contributed by atoms with Gasteiger partial charge in [0.1, 0.15) is 22.9 Å². The summed E-state index contributed by atoms with van der Waals surface area (Å²) in [4.78, 5) is 36.4. The second kappa shape index (κ2) is 14.6. The first-order chi connectivity index (χ1) is 23.6. The molecule has 2 N–H and O–H groups in total. The fourth-order valence-electron chi connectivity index (χ4n) is 5.58. The maximum absolute atomic E-state index is 14.5. The number of aryl methyl sites for hydroxylation is 2. The maximum atomic E-state index is 14.5. The van der Waals surface area contributed by atoms with Crippen LogP contribution < -0.4 is 25.7 Å². The number of amides is 1. The number of rotatable bonds is 10. The number of anilines is 3. The van der Waals surface area contributed by atoms with E-state index in [9.17, 15) is 9.59 Å². The van der Waals surface area contributed by atoms with Crippen molar-refractivity contribution in [1.29, 1.82) is 0 Å². The number of hydrogen-bond acceptors (Lipinski definition) is 9. The fraction of sp³-hybridized carbons (Fsp3) is 0.333. The zero-order valence-electron chi connectivity index (χ0n) is 29.4. The summed E-state index contributed by atoms with van der Waals surface area (Å²) in [6.07, 6.45) is 5.15. The van der Waals surface area contributed by atoms with E-state index in [0.29, 0.717) is 53.3 Å². The third kappa shape index (κ3) is 7.52. The second-order valence-corrected chi connectivity index (χ2v) is 13.8. The molecule has 0 fully saturated rings. The number of hydrogen-bond donors (Lipinski definition) is 1. The highest BCUT2D eigenvalue weighted by Gasteiger charge is 2.29. The number of ether oxygens (including phenoxy) is 3. The lowest BCUT2D eigenvalue weighted by atomic mass is 10.0. The highest BCUT2D eigenvalue weighted by atomic mass is 35.5. The van der Waals surface area contributed by atoms with Gasteiger partial charge in [-0.15, -0.1) is 0 Å². The Morgan fingerprint density at radius 3 is 2.22 bits per heavy atom. The maximum Gasteiger partial charge on any atom is 0.420 e. The lowest BCUT2D eigenvalue weighted by Gasteiger charge is -2.28. The van der Waals surface area contributed by atoms with E-state index >= 15 is 0 Å². The average Bonchev–Trinajstić information content (AvgIpc) is 3.48. The molecule has 50 heavy (non-hydrogen) atoms. The van der Waals surface area contributed by atoms with E-state index in [4.69, 9.17) is 48.1 Å². The van der Waals surface area contributed by atoms with Crippen molar-refractivity contribution < 1.29 is 19.0 Å². The minimum atomic E-state index is -0.823. The van der Waals surface area contributed by atoms with Gasteiger partial charge < -0.3 is 29.4 Å². The van der Waals surface area contributed by atoms with Crippen molar-refractivity contribution in [1.82, 2.24) is 24.2 Å². The number of carbonyl (C=O) groups is 1. The Morgan fingerprint density at radius 1 is 0.980 bits per heavy atom. The molecule has 0 aliphatic rings. The predicted molar refractivity (Wildman–Crippen MR) is 199 cm³/mol. The van der Waals surface area contributed by atoms with Crippen LogP contribution in [0.3, 0.4) is 0 Å². The van der Waals surface area contributed by atoms with Gasteiger partial charge in [-0.3, -0.25) is 9.48 Å². The number of nitrogens with zero attached hydrogens (tertiary/aromatic N) is 6. The number of nitrogens with two attached hydrogens (primary N) is 1. The molecule has 5 aromatic rings. The fourth-order valence-corrected chi connectivity index (χ4v) is 6.29. The van der Waals surface area contributed by atoms with Gasteiger partial charge in [0.25, 0.3) is 5.56 Å². The molecule has 0 spiro atoms. The van der Waals surface area contributed by atoms with Crippen molar-refractivity contribution in [2.24, 2.45) is 7.05 Å². The SMILES string of the molecule is COc1cc(OC)c(Cl)c(-c2cc3cnc(N(C(=O)OC(C)(C)C)c4ccc(-c5cnn(C)c5)cc4N)cc3n(CCCN(C)C)c2=O)c1Cl. The van der Waals surface area contributed by atoms with Gasteiger partial charge in [0.15, 0.2) is 0 Å². The molecule has 0 atom stereocenters. The summed E-state index contributed by atoms with van der Waals surface area (Å²) in [5.74, 6) is 0.811. The first kappa shape index (κ1) is 36.5. The van der Waals surface area contributed by atoms with Crippen LogP contribution in [0.4, 0.5) is 22.0 Å². The third-order valence-corrected chi connectivity index (χ3v) is 8.66. The van der Waals surface area contributed by atoms with Gasteiger partial charge in [-0.2, -0.15) is 5.10 Å². The standard InChI is InChI=1S/C36H41Cl2N7O5/c1-36(2,3)50-35(47)45(26-11-10-21(15-25(26)39)23-19-41-43(6)20-23)30-16-27-22(18-40-30)14-24(34(46)44(27)13-9-12-42(4)5)31-32(37)28(48-7)17-29(49-8)33(31)38/h10-11,14-20H,9,12-13,39H2,1-8H3. The van der Waals surface area contributed by atoms with Crippen LogP contribution in [0.1, 0.15) is 27.2 Å². The Labute approximate surface area is 300 Å². The molecule has 2 aromatic carbocycles. The lowest BCUT2D eigenvalue weighted by molar-refractivity contribution is 0.0598. The number of halogens is 2. The van der Waals surface area contributed by atoms with Crippen molar-refractivity contribution >= 4 is 57.4 Å². The quantitative estimate of drug-likeness (QED) is 0.147. The Balaban J connectivity index is 1.73. The average molecular weight is 723 g/mol. The largest absolute Gasteiger partial charge is 0.495 e. The number of methoxy groups -OCH3 is 2. The molecular formula is C36H41Cl2N7O5. The molecule has 0 unspecified atom stereocenters. The van der Waals surface area contributed by atoms with E-state index in [1.165, 1.54) is 19.1 Å². The Hall–Kier alpha value is -4.78. The van der Waals surface area contributed by atoms with Crippen LogP contribution in [-0.4, -0.2) is 70.8 Å². The summed E-state index contributed by atoms with van der Waals surface area (Å²) in [7, 11) is 8.70. The molecule has 0 saturated heterocycles. The Kier molecular flexibility index (Phi) is 10.7. The molecule has 0 radical (unpaired) electrons. The van der Waals surface area contributed by atoms with Gasteiger partial charge in [0.2, 0.25) is 0 Å². The minimum Gasteiger partial charge on any atom is -0.495 e. The van der Waals surface area contributed by atoms with E-state index in [0.717, 1.165) is 11.1 Å². The second-order valence-electron chi connectivity index (χ2n) is 13.0. The van der Waals surface area contributed by atoms with E-state index in [1.807, 2.05) is 38.3 Å². The summed E-state index contributed by atoms with van der Waals surface area (Å²) in [6, 6.07) is 10.3. The van der Waals surface area contributed by atoms with Gasteiger partial charge in [-0.1, -0.05) is 29.3 Å². The van der Waals surface area contributed by atoms with E-state index in [1.54, 1.807) is 72.7 Å². The van der Waals surface area contributed by atoms with Crippen molar-refractivity contribution in [3.8, 4) is 33.8 Å². The molecule has 0 aliphatic carbocycles. The lowest BCUT2D eigenvalue weighted by Crippen LogP contribution is -2.34. The number of carbonyl (C=O) groups excluding carboxylic acids is 1. The van der Waals surface area contributed by atoms with E-state index in [-0.39, 0.29) is 32.5 Å². The van der Waals surface area contributed by atoms with Crippen LogP contribution in [0, 0.1) is 0 Å². The Bertz CT molecular complexity index is 2090. The number of aromatic nitrogens is 4. The first-order valence-electron chi connectivity index (χ1n) is 15.8. The summed E-state index contributed by atoms with van der Waals surface area (Å²) >= 11 is 13.6. The highest BCUT2D eigenvalue weighted by molar-refractivity contribution is 6.41. The number of nitrogen functional groups attached to an aromatic ring is 1. The van der Waals surface area contributed by atoms with E-state index < -0.39 is 11.7 Å². The highest BCUT2D eigenvalue weighted by Crippen LogP contribution is 2.45. The van der Waals surface area contributed by atoms with Crippen LogP contribution in [-0.2, 0) is 18.3 Å². The topological polar surface area (TPSA) is 130 Å². The van der Waals surface area contributed by atoms with Crippen LogP contribution in [0.25, 0.3) is 33.2 Å². The molecule has 1 amide bonds. The van der Waals surface area contributed by atoms with Gasteiger partial charge in [-0.05, 0) is 71.6 Å². The molecule has 14 heteroatoms. The molecule has 264 valence electrons. The summed E-state index contributed by atoms with van der Waals surface area (Å²) in [5.41, 5.74) is 8.85. The molecule has 0 saturated carbocycles. The summed E-state index contributed by atoms with van der Waals surface area (Å²) in [5, 5.41) is 5.18.